The molecule has 1 aliphatic carbocycles. The van der Waals surface area contributed by atoms with Crippen molar-refractivity contribution in [3.8, 4) is 6.07 Å². The minimum atomic E-state index is 0.406. The van der Waals surface area contributed by atoms with Gasteiger partial charge in [0.05, 0.1) is 10.6 Å². The smallest absolute Gasteiger partial charge is 0.101 e. The Balaban J connectivity index is 1.64. The summed E-state index contributed by atoms with van der Waals surface area (Å²) >= 11 is 6.19. The van der Waals surface area contributed by atoms with Gasteiger partial charge in [-0.3, -0.25) is 0 Å². The van der Waals surface area contributed by atoms with Crippen molar-refractivity contribution in [2.45, 2.75) is 51.0 Å². The van der Waals surface area contributed by atoms with E-state index in [1.807, 2.05) is 18.2 Å². The van der Waals surface area contributed by atoms with E-state index in [-0.39, 0.29) is 0 Å². The van der Waals surface area contributed by atoms with E-state index in [9.17, 15) is 0 Å². The van der Waals surface area contributed by atoms with Crippen LogP contribution in [0.25, 0.3) is 0 Å². The van der Waals surface area contributed by atoms with Crippen LogP contribution in [0.15, 0.2) is 18.2 Å². The molecule has 4 heteroatoms. The molecule has 3 nitrogen and oxygen atoms in total. The lowest BCUT2D eigenvalue weighted by molar-refractivity contribution is 0.237. The maximum atomic E-state index is 9.01. The number of hydrogen-bond donors (Lipinski definition) is 1. The summed E-state index contributed by atoms with van der Waals surface area (Å²) in [6, 6.07) is 8.33. The average molecular weight is 332 g/mol. The quantitative estimate of drug-likeness (QED) is 0.896. The molecule has 1 saturated heterocycles. The summed E-state index contributed by atoms with van der Waals surface area (Å²) < 4.78 is 0. The number of hydrogen-bond acceptors (Lipinski definition) is 3. The zero-order valence-corrected chi connectivity index (χ0v) is 14.4. The van der Waals surface area contributed by atoms with Crippen LogP contribution >= 0.6 is 11.6 Å². The highest BCUT2D eigenvalue weighted by Gasteiger charge is 2.28. The van der Waals surface area contributed by atoms with Crippen molar-refractivity contribution in [2.75, 3.05) is 18.0 Å². The van der Waals surface area contributed by atoms with E-state index in [0.29, 0.717) is 22.5 Å². The zero-order valence-electron chi connectivity index (χ0n) is 13.7. The highest BCUT2D eigenvalue weighted by atomic mass is 35.5. The molecule has 2 fully saturated rings. The van der Waals surface area contributed by atoms with Crippen molar-refractivity contribution in [1.82, 2.24) is 0 Å². The molecular weight excluding hydrogens is 306 g/mol. The minimum absolute atomic E-state index is 0.406. The molecular formula is C19H26ClN3. The number of benzene rings is 1. The molecule has 1 aliphatic heterocycles. The first kappa shape index (κ1) is 16.6. The average Bonchev–Trinajstić information content (AvgIpc) is 2.57. The molecule has 0 bridgehead atoms. The summed E-state index contributed by atoms with van der Waals surface area (Å²) in [6.07, 6.45) is 8.96. The van der Waals surface area contributed by atoms with Gasteiger partial charge in [0.15, 0.2) is 0 Å². The van der Waals surface area contributed by atoms with E-state index in [2.05, 4.69) is 11.0 Å². The number of rotatable bonds is 3. The van der Waals surface area contributed by atoms with Crippen molar-refractivity contribution in [3.63, 3.8) is 0 Å². The largest absolute Gasteiger partial charge is 0.371 e. The molecule has 2 N–H and O–H groups in total. The Morgan fingerprint density at radius 2 is 2.04 bits per heavy atom. The Morgan fingerprint density at radius 1 is 1.22 bits per heavy atom. The minimum Gasteiger partial charge on any atom is -0.371 e. The maximum Gasteiger partial charge on any atom is 0.101 e. The number of nitrogens with zero attached hydrogens (tertiary/aromatic N) is 2. The third-order valence-corrected chi connectivity index (χ3v) is 5.87. The van der Waals surface area contributed by atoms with Crippen LogP contribution in [0, 0.1) is 23.2 Å². The van der Waals surface area contributed by atoms with Gasteiger partial charge >= 0.3 is 0 Å². The van der Waals surface area contributed by atoms with Crippen molar-refractivity contribution in [2.24, 2.45) is 17.6 Å². The summed E-state index contributed by atoms with van der Waals surface area (Å²) in [7, 11) is 0. The lowest BCUT2D eigenvalue weighted by atomic mass is 9.77. The summed E-state index contributed by atoms with van der Waals surface area (Å²) in [5.41, 5.74) is 8.03. The van der Waals surface area contributed by atoms with E-state index < -0.39 is 0 Å². The predicted octanol–water partition coefficient (Wildman–Crippen LogP) is 4.34. The molecule has 0 spiro atoms. The van der Waals surface area contributed by atoms with Gasteiger partial charge in [0.2, 0.25) is 0 Å². The van der Waals surface area contributed by atoms with Crippen LogP contribution in [0.5, 0.6) is 0 Å². The summed E-state index contributed by atoms with van der Waals surface area (Å²) in [5.74, 6) is 1.44. The molecule has 1 aromatic carbocycles. The molecule has 1 aromatic rings. The Morgan fingerprint density at radius 3 is 2.78 bits per heavy atom. The Bertz CT molecular complexity index is 580. The Kier molecular flexibility index (Phi) is 5.46. The first-order valence-corrected chi connectivity index (χ1v) is 9.25. The topological polar surface area (TPSA) is 53.0 Å². The highest BCUT2D eigenvalue weighted by Crippen LogP contribution is 2.34. The second kappa shape index (κ2) is 7.55. The predicted molar refractivity (Wildman–Crippen MR) is 95.7 cm³/mol. The molecule has 124 valence electrons. The lowest BCUT2D eigenvalue weighted by Crippen LogP contribution is -2.39. The number of nitrogens with two attached hydrogens (primary N) is 1. The summed E-state index contributed by atoms with van der Waals surface area (Å²) in [6.45, 7) is 2.17. The van der Waals surface area contributed by atoms with Gasteiger partial charge in [-0.15, -0.1) is 0 Å². The number of nitriles is 1. The third-order valence-electron chi connectivity index (χ3n) is 5.56. The van der Waals surface area contributed by atoms with Crippen LogP contribution in [0.1, 0.15) is 50.5 Å². The van der Waals surface area contributed by atoms with E-state index in [1.54, 1.807) is 0 Å². The van der Waals surface area contributed by atoms with E-state index >= 15 is 0 Å². The van der Waals surface area contributed by atoms with Gasteiger partial charge in [-0.1, -0.05) is 24.4 Å². The van der Waals surface area contributed by atoms with Crippen LogP contribution in [-0.4, -0.2) is 19.1 Å². The van der Waals surface area contributed by atoms with Crippen molar-refractivity contribution in [3.05, 3.63) is 28.8 Å². The van der Waals surface area contributed by atoms with E-state index in [1.165, 1.54) is 44.9 Å². The first-order valence-electron chi connectivity index (χ1n) is 8.87. The van der Waals surface area contributed by atoms with Gasteiger partial charge in [-0.05, 0) is 62.1 Å². The van der Waals surface area contributed by atoms with Gasteiger partial charge in [0.25, 0.3) is 0 Å². The standard InChI is InChI=1S/C19H26ClN3/c20-18-11-17(8-7-16(18)12-21)23-9-3-4-14(13-23)10-15-5-1-2-6-19(15)22/h7-8,11,14-15,19H,1-6,9-10,13,22H2/t14?,15-,19+/m0/s1. The Labute approximate surface area is 144 Å². The van der Waals surface area contributed by atoms with Crippen LogP contribution in [0.2, 0.25) is 5.02 Å². The zero-order chi connectivity index (χ0) is 16.2. The molecule has 0 amide bonds. The SMILES string of the molecule is N#Cc1ccc(N2CCCC(C[C@@H]3CCCC[C@H]3N)C2)cc1Cl. The Hall–Kier alpha value is -1.24. The third kappa shape index (κ3) is 4.00. The van der Waals surface area contributed by atoms with Gasteiger partial charge in [-0.25, -0.2) is 0 Å². The molecule has 23 heavy (non-hydrogen) atoms. The highest BCUT2D eigenvalue weighted by molar-refractivity contribution is 6.32. The fourth-order valence-corrected chi connectivity index (χ4v) is 4.46. The molecule has 0 aromatic heterocycles. The first-order chi connectivity index (χ1) is 11.2. The number of anilines is 1. The molecule has 1 unspecified atom stereocenters. The second-order valence-corrected chi connectivity index (χ2v) is 7.58. The second-order valence-electron chi connectivity index (χ2n) is 7.17. The normalized spacial score (nSPS) is 28.4. The van der Waals surface area contributed by atoms with Gasteiger partial charge in [0.1, 0.15) is 6.07 Å². The van der Waals surface area contributed by atoms with E-state index in [0.717, 1.165) is 24.7 Å². The maximum absolute atomic E-state index is 9.01. The van der Waals surface area contributed by atoms with Crippen LogP contribution in [-0.2, 0) is 0 Å². The summed E-state index contributed by atoms with van der Waals surface area (Å²) in [5, 5.41) is 9.57. The van der Waals surface area contributed by atoms with Crippen LogP contribution < -0.4 is 10.6 Å². The van der Waals surface area contributed by atoms with Crippen molar-refractivity contribution in [1.29, 1.82) is 5.26 Å². The molecule has 3 atom stereocenters. The molecule has 2 aliphatic rings. The molecule has 1 saturated carbocycles. The van der Waals surface area contributed by atoms with Crippen molar-refractivity contribution >= 4 is 17.3 Å². The van der Waals surface area contributed by atoms with Gasteiger partial charge in [-0.2, -0.15) is 5.26 Å². The monoisotopic (exact) mass is 331 g/mol. The molecule has 3 rings (SSSR count). The lowest BCUT2D eigenvalue weighted by Gasteiger charge is -2.38. The van der Waals surface area contributed by atoms with Crippen LogP contribution in [0.3, 0.4) is 0 Å². The van der Waals surface area contributed by atoms with E-state index in [4.69, 9.17) is 22.6 Å². The number of halogens is 1. The fourth-order valence-electron chi connectivity index (χ4n) is 4.24. The molecule has 0 radical (unpaired) electrons. The van der Waals surface area contributed by atoms with Gasteiger partial charge < -0.3 is 10.6 Å². The fraction of sp³-hybridized carbons (Fsp3) is 0.632. The van der Waals surface area contributed by atoms with Crippen LogP contribution in [0.4, 0.5) is 5.69 Å². The summed E-state index contributed by atoms with van der Waals surface area (Å²) in [4.78, 5) is 2.43. The molecule has 1 heterocycles. The van der Waals surface area contributed by atoms with Crippen molar-refractivity contribution < 1.29 is 0 Å². The number of piperidine rings is 1. The van der Waals surface area contributed by atoms with Gasteiger partial charge in [0, 0.05) is 24.8 Å².